The van der Waals surface area contributed by atoms with Gasteiger partial charge >= 0.3 is 12.1 Å². The van der Waals surface area contributed by atoms with E-state index in [1.807, 2.05) is 0 Å². The molecule has 27 heavy (non-hydrogen) atoms. The fourth-order valence-electron chi connectivity index (χ4n) is 2.69. The Morgan fingerprint density at radius 1 is 1.04 bits per heavy atom. The van der Waals surface area contributed by atoms with Gasteiger partial charge in [0.1, 0.15) is 0 Å². The number of aromatic carboxylic acids is 1. The third-order valence-electron chi connectivity index (χ3n) is 4.03. The molecule has 3 nitrogen and oxygen atoms in total. The third-order valence-corrected chi connectivity index (χ3v) is 4.27. The molecule has 0 aliphatic heterocycles. The van der Waals surface area contributed by atoms with Gasteiger partial charge in [-0.15, -0.1) is 0 Å². The van der Waals surface area contributed by atoms with Gasteiger partial charge in [-0.2, -0.15) is 13.2 Å². The lowest BCUT2D eigenvalue weighted by atomic mass is 9.95. The van der Waals surface area contributed by atoms with Crippen molar-refractivity contribution in [3.05, 3.63) is 88.1 Å². The van der Waals surface area contributed by atoms with Gasteiger partial charge in [-0.25, -0.2) is 4.79 Å². The molecule has 1 N–H and O–H groups in total. The predicted octanol–water partition coefficient (Wildman–Crippen LogP) is 5.71. The van der Waals surface area contributed by atoms with Crippen LogP contribution in [-0.4, -0.2) is 16.1 Å². The van der Waals surface area contributed by atoms with Gasteiger partial charge in [0.15, 0.2) is 0 Å². The Labute approximate surface area is 158 Å². The molecule has 0 amide bonds. The molecule has 0 fully saturated rings. The van der Waals surface area contributed by atoms with Crippen LogP contribution in [0.15, 0.2) is 60.8 Å². The minimum atomic E-state index is -4.39. The molecule has 0 atom stereocenters. The highest BCUT2D eigenvalue weighted by Gasteiger charge is 2.29. The molecule has 0 saturated carbocycles. The van der Waals surface area contributed by atoms with Gasteiger partial charge in [-0.1, -0.05) is 29.8 Å². The molecule has 3 aromatic rings. The highest BCUT2D eigenvalue weighted by atomic mass is 35.5. The summed E-state index contributed by atoms with van der Waals surface area (Å²) >= 11 is 6.01. The molecule has 1 aromatic heterocycles. The zero-order valence-electron chi connectivity index (χ0n) is 13.8. The average molecular weight is 392 g/mol. The van der Waals surface area contributed by atoms with Crippen LogP contribution in [0.2, 0.25) is 5.02 Å². The number of hydrogen-bond acceptors (Lipinski definition) is 2. The van der Waals surface area contributed by atoms with Gasteiger partial charge in [0, 0.05) is 16.8 Å². The van der Waals surface area contributed by atoms with E-state index in [0.717, 1.165) is 17.7 Å². The second kappa shape index (κ2) is 7.40. The number of nitrogens with zero attached hydrogens (tertiary/aromatic N) is 1. The Kier molecular flexibility index (Phi) is 5.19. The van der Waals surface area contributed by atoms with E-state index in [2.05, 4.69) is 4.98 Å². The fraction of sp³-hybridized carbons (Fsp3) is 0.100. The summed E-state index contributed by atoms with van der Waals surface area (Å²) in [6.45, 7) is 0. The topological polar surface area (TPSA) is 50.2 Å². The van der Waals surface area contributed by atoms with Gasteiger partial charge in [0.05, 0.1) is 16.8 Å². The molecule has 0 spiro atoms. The number of benzene rings is 2. The standard InChI is InChI=1S/C20H13ClF3NO2/c21-16-7-8-25-18(11-16)17-10-14(19(26)27)4-3-13(17)9-12-1-5-15(6-2-12)20(22,23)24/h1-8,10-11H,9H2,(H,26,27). The Morgan fingerprint density at radius 2 is 1.74 bits per heavy atom. The molecule has 138 valence electrons. The lowest BCUT2D eigenvalue weighted by Gasteiger charge is -2.12. The number of alkyl halides is 3. The summed E-state index contributed by atoms with van der Waals surface area (Å²) in [7, 11) is 0. The Balaban J connectivity index is 2.01. The third kappa shape index (κ3) is 4.46. The SMILES string of the molecule is O=C(O)c1ccc(Cc2ccc(C(F)(F)F)cc2)c(-c2cc(Cl)ccn2)c1. The monoisotopic (exact) mass is 391 g/mol. The fourth-order valence-corrected chi connectivity index (χ4v) is 2.85. The van der Waals surface area contributed by atoms with Crippen LogP contribution < -0.4 is 0 Å². The zero-order valence-corrected chi connectivity index (χ0v) is 14.6. The van der Waals surface area contributed by atoms with Crippen LogP contribution in [0.1, 0.15) is 27.0 Å². The van der Waals surface area contributed by atoms with Crippen LogP contribution in [0.3, 0.4) is 0 Å². The number of rotatable bonds is 4. The van der Waals surface area contributed by atoms with Gasteiger partial charge in [-0.3, -0.25) is 4.98 Å². The Hall–Kier alpha value is -2.86. The summed E-state index contributed by atoms with van der Waals surface area (Å²) in [4.78, 5) is 15.5. The van der Waals surface area contributed by atoms with E-state index in [0.29, 0.717) is 28.3 Å². The number of halogens is 4. The number of hydrogen-bond donors (Lipinski definition) is 1. The molecule has 0 unspecified atom stereocenters. The first-order valence-electron chi connectivity index (χ1n) is 7.88. The number of carbonyl (C=O) groups is 1. The smallest absolute Gasteiger partial charge is 0.416 e. The molecular weight excluding hydrogens is 379 g/mol. The number of carboxylic acids is 1. The maximum Gasteiger partial charge on any atom is 0.416 e. The summed E-state index contributed by atoms with van der Waals surface area (Å²) in [5, 5.41) is 9.69. The summed E-state index contributed by atoms with van der Waals surface area (Å²) in [5.74, 6) is -1.08. The van der Waals surface area contributed by atoms with Crippen molar-refractivity contribution < 1.29 is 23.1 Å². The molecule has 0 aliphatic carbocycles. The normalized spacial score (nSPS) is 11.4. The maximum atomic E-state index is 12.7. The minimum absolute atomic E-state index is 0.0861. The van der Waals surface area contributed by atoms with Gasteiger partial charge in [0.25, 0.3) is 0 Å². The van der Waals surface area contributed by atoms with Crippen molar-refractivity contribution in [3.8, 4) is 11.3 Å². The Bertz CT molecular complexity index is 985. The Morgan fingerprint density at radius 3 is 2.33 bits per heavy atom. The highest BCUT2D eigenvalue weighted by molar-refractivity contribution is 6.30. The first-order valence-corrected chi connectivity index (χ1v) is 8.26. The summed E-state index contributed by atoms with van der Waals surface area (Å²) in [6.07, 6.45) is -2.56. The van der Waals surface area contributed by atoms with Gasteiger partial charge in [0.2, 0.25) is 0 Å². The number of pyridine rings is 1. The average Bonchev–Trinajstić information content (AvgIpc) is 2.61. The van der Waals surface area contributed by atoms with Crippen molar-refractivity contribution in [2.45, 2.75) is 12.6 Å². The quantitative estimate of drug-likeness (QED) is 0.619. The van der Waals surface area contributed by atoms with E-state index in [4.69, 9.17) is 11.6 Å². The van der Waals surface area contributed by atoms with E-state index in [1.165, 1.54) is 30.5 Å². The van der Waals surface area contributed by atoms with Crippen molar-refractivity contribution in [1.29, 1.82) is 0 Å². The lowest BCUT2D eigenvalue weighted by molar-refractivity contribution is -0.137. The molecule has 0 bridgehead atoms. The molecule has 0 saturated heterocycles. The minimum Gasteiger partial charge on any atom is -0.478 e. The van der Waals surface area contributed by atoms with Crippen LogP contribution in [0.4, 0.5) is 13.2 Å². The molecule has 0 radical (unpaired) electrons. The first kappa shape index (κ1) is 18.9. The van der Waals surface area contributed by atoms with Crippen molar-refractivity contribution in [2.24, 2.45) is 0 Å². The summed E-state index contributed by atoms with van der Waals surface area (Å²) in [6, 6.07) is 12.7. The van der Waals surface area contributed by atoms with E-state index < -0.39 is 17.7 Å². The van der Waals surface area contributed by atoms with Gasteiger partial charge < -0.3 is 5.11 Å². The van der Waals surface area contributed by atoms with E-state index >= 15 is 0 Å². The van der Waals surface area contributed by atoms with Crippen LogP contribution in [0, 0.1) is 0 Å². The number of aromatic nitrogens is 1. The lowest BCUT2D eigenvalue weighted by Crippen LogP contribution is -2.05. The van der Waals surface area contributed by atoms with Crippen molar-refractivity contribution in [2.75, 3.05) is 0 Å². The van der Waals surface area contributed by atoms with Crippen LogP contribution in [0.25, 0.3) is 11.3 Å². The largest absolute Gasteiger partial charge is 0.478 e. The molecule has 3 rings (SSSR count). The van der Waals surface area contributed by atoms with Crippen LogP contribution in [0.5, 0.6) is 0 Å². The first-order chi connectivity index (χ1) is 12.7. The molecular formula is C20H13ClF3NO2. The van der Waals surface area contributed by atoms with E-state index in [1.54, 1.807) is 18.2 Å². The maximum absolute atomic E-state index is 12.7. The predicted molar refractivity (Wildman–Crippen MR) is 95.9 cm³/mol. The van der Waals surface area contributed by atoms with Crippen molar-refractivity contribution in [3.63, 3.8) is 0 Å². The molecule has 7 heteroatoms. The van der Waals surface area contributed by atoms with E-state index in [-0.39, 0.29) is 5.56 Å². The molecule has 0 aliphatic rings. The van der Waals surface area contributed by atoms with Gasteiger partial charge in [-0.05, 0) is 53.9 Å². The molecule has 2 aromatic carbocycles. The number of carboxylic acid groups (broad SMARTS) is 1. The summed E-state index contributed by atoms with van der Waals surface area (Å²) < 4.78 is 38.1. The van der Waals surface area contributed by atoms with Crippen molar-refractivity contribution in [1.82, 2.24) is 4.98 Å². The zero-order chi connectivity index (χ0) is 19.6. The van der Waals surface area contributed by atoms with Crippen molar-refractivity contribution >= 4 is 17.6 Å². The second-order valence-corrected chi connectivity index (χ2v) is 6.34. The second-order valence-electron chi connectivity index (χ2n) is 5.91. The highest BCUT2D eigenvalue weighted by Crippen LogP contribution is 2.31. The van der Waals surface area contributed by atoms with Crippen LogP contribution >= 0.6 is 11.6 Å². The summed E-state index contributed by atoms with van der Waals surface area (Å²) in [5.41, 5.74) is 1.82. The van der Waals surface area contributed by atoms with Crippen LogP contribution in [-0.2, 0) is 12.6 Å². The molecule has 1 heterocycles. The van der Waals surface area contributed by atoms with E-state index in [9.17, 15) is 23.1 Å².